The monoisotopic (exact) mass is 314 g/mol. The summed E-state index contributed by atoms with van der Waals surface area (Å²) in [7, 11) is 1.37. The first-order valence-corrected chi connectivity index (χ1v) is 6.02. The van der Waals surface area contributed by atoms with Crippen molar-refractivity contribution in [3.63, 3.8) is 0 Å². The molecule has 0 fully saturated rings. The summed E-state index contributed by atoms with van der Waals surface area (Å²) >= 11 is 0. The molecule has 0 atom stereocenters. The Bertz CT molecular complexity index is 696. The second-order valence-corrected chi connectivity index (χ2v) is 4.30. The highest BCUT2D eigenvalue weighted by molar-refractivity contribution is 5.80. The van der Waals surface area contributed by atoms with Gasteiger partial charge in [0, 0.05) is 11.1 Å². The molecule has 0 heterocycles. The van der Waals surface area contributed by atoms with Crippen LogP contribution in [0.3, 0.4) is 0 Å². The minimum absolute atomic E-state index is 0.00456. The minimum Gasteiger partial charge on any atom is -0.497 e. The van der Waals surface area contributed by atoms with Crippen LogP contribution in [0.15, 0.2) is 36.4 Å². The van der Waals surface area contributed by atoms with Crippen LogP contribution in [-0.2, 0) is 0 Å². The van der Waals surface area contributed by atoms with Crippen LogP contribution in [0.1, 0.15) is 10.4 Å². The first-order chi connectivity index (χ1) is 10.3. The molecule has 22 heavy (non-hydrogen) atoms. The number of rotatable bonds is 4. The van der Waals surface area contributed by atoms with Crippen molar-refractivity contribution < 1.29 is 31.8 Å². The number of methoxy groups -OCH3 is 1. The molecule has 0 spiro atoms. The van der Waals surface area contributed by atoms with Crippen LogP contribution in [0, 0.1) is 5.82 Å². The fraction of sp³-hybridized carbons (Fsp3) is 0.133. The van der Waals surface area contributed by atoms with Crippen molar-refractivity contribution in [1.29, 1.82) is 0 Å². The highest BCUT2D eigenvalue weighted by atomic mass is 19.4. The quantitative estimate of drug-likeness (QED) is 0.626. The van der Waals surface area contributed by atoms with Gasteiger partial charge >= 0.3 is 6.36 Å². The molecule has 2 aromatic rings. The van der Waals surface area contributed by atoms with Gasteiger partial charge in [-0.15, -0.1) is 13.2 Å². The molecule has 0 amide bonds. The van der Waals surface area contributed by atoms with Gasteiger partial charge in [0.25, 0.3) is 0 Å². The molecule has 0 aliphatic heterocycles. The second-order valence-electron chi connectivity index (χ2n) is 4.30. The molecule has 2 aromatic carbocycles. The lowest BCUT2D eigenvalue weighted by molar-refractivity contribution is -0.274. The Morgan fingerprint density at radius 1 is 1.05 bits per heavy atom. The zero-order valence-electron chi connectivity index (χ0n) is 11.3. The molecule has 0 unspecified atom stereocenters. The summed E-state index contributed by atoms with van der Waals surface area (Å²) in [5.41, 5.74) is -0.00528. The maximum absolute atomic E-state index is 13.9. The molecular weight excluding hydrogens is 304 g/mol. The zero-order valence-corrected chi connectivity index (χ0v) is 11.3. The molecule has 116 valence electrons. The fourth-order valence-electron chi connectivity index (χ4n) is 1.89. The Hall–Kier alpha value is -2.57. The Morgan fingerprint density at radius 3 is 2.36 bits per heavy atom. The van der Waals surface area contributed by atoms with Gasteiger partial charge in [-0.1, -0.05) is 0 Å². The predicted octanol–water partition coefficient (Wildman–Crippen LogP) is 4.21. The van der Waals surface area contributed by atoms with Gasteiger partial charge < -0.3 is 9.47 Å². The summed E-state index contributed by atoms with van der Waals surface area (Å²) in [6, 6.07) is 6.98. The highest BCUT2D eigenvalue weighted by Crippen LogP contribution is 2.32. The van der Waals surface area contributed by atoms with Gasteiger partial charge in [-0.2, -0.15) is 0 Å². The number of ether oxygens (including phenoxy) is 2. The summed E-state index contributed by atoms with van der Waals surface area (Å²) < 4.78 is 59.5. The summed E-state index contributed by atoms with van der Waals surface area (Å²) in [6.07, 6.45) is -4.56. The van der Waals surface area contributed by atoms with E-state index < -0.39 is 17.9 Å². The maximum atomic E-state index is 13.9. The third kappa shape index (κ3) is 3.75. The number of aldehydes is 1. The van der Waals surface area contributed by atoms with Crippen LogP contribution in [0.5, 0.6) is 11.5 Å². The minimum atomic E-state index is -4.91. The van der Waals surface area contributed by atoms with Gasteiger partial charge in [-0.25, -0.2) is 4.39 Å². The van der Waals surface area contributed by atoms with E-state index in [9.17, 15) is 22.4 Å². The van der Waals surface area contributed by atoms with Gasteiger partial charge in [-0.05, 0) is 42.0 Å². The van der Waals surface area contributed by atoms with Crippen LogP contribution in [0.2, 0.25) is 0 Å². The molecule has 0 aliphatic rings. The number of carbonyl (C=O) groups excluding carboxylic acids is 1. The number of hydrogen-bond acceptors (Lipinski definition) is 3. The topological polar surface area (TPSA) is 35.5 Å². The van der Waals surface area contributed by atoms with Gasteiger partial charge in [0.15, 0.2) is 0 Å². The molecule has 3 nitrogen and oxygen atoms in total. The Morgan fingerprint density at radius 2 is 1.77 bits per heavy atom. The lowest BCUT2D eigenvalue weighted by atomic mass is 10.0. The number of hydrogen-bond donors (Lipinski definition) is 0. The first-order valence-electron chi connectivity index (χ1n) is 6.02. The van der Waals surface area contributed by atoms with Gasteiger partial charge in [-0.3, -0.25) is 4.79 Å². The predicted molar refractivity (Wildman–Crippen MR) is 70.5 cm³/mol. The van der Waals surface area contributed by atoms with Crippen molar-refractivity contribution in [2.24, 2.45) is 0 Å². The van der Waals surface area contributed by atoms with Crippen molar-refractivity contribution in [1.82, 2.24) is 0 Å². The van der Waals surface area contributed by atoms with E-state index in [4.69, 9.17) is 4.74 Å². The highest BCUT2D eigenvalue weighted by Gasteiger charge is 2.31. The van der Waals surface area contributed by atoms with E-state index in [-0.39, 0.29) is 16.7 Å². The average Bonchev–Trinajstić information content (AvgIpc) is 2.45. The smallest absolute Gasteiger partial charge is 0.497 e. The lowest BCUT2D eigenvalue weighted by Crippen LogP contribution is -2.17. The van der Waals surface area contributed by atoms with E-state index in [1.807, 2.05) is 0 Å². The van der Waals surface area contributed by atoms with Crippen LogP contribution >= 0.6 is 0 Å². The number of benzene rings is 2. The van der Waals surface area contributed by atoms with E-state index in [0.717, 1.165) is 18.2 Å². The third-order valence-electron chi connectivity index (χ3n) is 2.78. The van der Waals surface area contributed by atoms with Crippen molar-refractivity contribution >= 4 is 6.29 Å². The molecule has 0 radical (unpaired) electrons. The number of halogens is 4. The Balaban J connectivity index is 2.55. The first kappa shape index (κ1) is 15.8. The number of carbonyl (C=O) groups is 1. The molecule has 0 bridgehead atoms. The summed E-state index contributed by atoms with van der Waals surface area (Å²) in [6.45, 7) is 0. The van der Waals surface area contributed by atoms with Crippen molar-refractivity contribution in [2.45, 2.75) is 6.36 Å². The fourth-order valence-corrected chi connectivity index (χ4v) is 1.89. The van der Waals surface area contributed by atoms with Crippen LogP contribution < -0.4 is 9.47 Å². The summed E-state index contributed by atoms with van der Waals surface area (Å²) in [5, 5.41) is 0. The van der Waals surface area contributed by atoms with Crippen LogP contribution in [0.25, 0.3) is 11.1 Å². The van der Waals surface area contributed by atoms with Gasteiger partial charge in [0.1, 0.15) is 23.6 Å². The molecule has 7 heteroatoms. The Labute approximate surface area is 123 Å². The largest absolute Gasteiger partial charge is 0.573 e. The van der Waals surface area contributed by atoms with Gasteiger partial charge in [0.2, 0.25) is 0 Å². The standard InChI is InChI=1S/C15H10F4O3/c1-21-11-2-3-14(16)13(7-11)10-4-9(8-20)5-12(6-10)22-15(17,18)19/h2-8H,1H3. The van der Waals surface area contributed by atoms with Gasteiger partial charge in [0.05, 0.1) is 7.11 Å². The molecule has 0 aliphatic carbocycles. The normalized spacial score (nSPS) is 11.1. The van der Waals surface area contributed by atoms with E-state index in [0.29, 0.717) is 12.0 Å². The lowest BCUT2D eigenvalue weighted by Gasteiger charge is -2.12. The summed E-state index contributed by atoms with van der Waals surface area (Å²) in [4.78, 5) is 10.9. The van der Waals surface area contributed by atoms with Crippen molar-refractivity contribution in [3.8, 4) is 22.6 Å². The second kappa shape index (κ2) is 6.05. The van der Waals surface area contributed by atoms with E-state index >= 15 is 0 Å². The zero-order chi connectivity index (χ0) is 16.3. The maximum Gasteiger partial charge on any atom is 0.573 e. The Kier molecular flexibility index (Phi) is 4.35. The number of alkyl halides is 3. The molecular formula is C15H10F4O3. The molecule has 0 saturated heterocycles. The summed E-state index contributed by atoms with van der Waals surface area (Å²) in [5.74, 6) is -0.942. The van der Waals surface area contributed by atoms with E-state index in [2.05, 4.69) is 4.74 Å². The van der Waals surface area contributed by atoms with E-state index in [1.165, 1.54) is 25.3 Å². The average molecular weight is 314 g/mol. The SMILES string of the molecule is COc1ccc(F)c(-c2cc(C=O)cc(OC(F)(F)F)c2)c1. The molecule has 0 aromatic heterocycles. The van der Waals surface area contributed by atoms with Crippen LogP contribution in [-0.4, -0.2) is 19.8 Å². The van der Waals surface area contributed by atoms with E-state index in [1.54, 1.807) is 0 Å². The van der Waals surface area contributed by atoms with Crippen molar-refractivity contribution in [2.75, 3.05) is 7.11 Å². The van der Waals surface area contributed by atoms with Crippen molar-refractivity contribution in [3.05, 3.63) is 47.8 Å². The van der Waals surface area contributed by atoms with Crippen LogP contribution in [0.4, 0.5) is 17.6 Å². The molecule has 0 N–H and O–H groups in total. The molecule has 0 saturated carbocycles. The third-order valence-corrected chi connectivity index (χ3v) is 2.78. The molecule has 2 rings (SSSR count).